The molecule has 0 aliphatic heterocycles. The Morgan fingerprint density at radius 3 is 2.54 bits per heavy atom. The van der Waals surface area contributed by atoms with Crippen LogP contribution in [0.2, 0.25) is 0 Å². The van der Waals surface area contributed by atoms with Gasteiger partial charge in [-0.2, -0.15) is 4.98 Å². The number of nitrogens with one attached hydrogen (secondary N) is 2. The van der Waals surface area contributed by atoms with Crippen LogP contribution in [-0.4, -0.2) is 36.3 Å². The van der Waals surface area contributed by atoms with Crippen molar-refractivity contribution in [3.05, 3.63) is 36.4 Å². The van der Waals surface area contributed by atoms with E-state index in [0.29, 0.717) is 6.04 Å². The zero-order valence-electron chi connectivity index (χ0n) is 15.7. The minimum Gasteiger partial charge on any atom is -0.385 e. The van der Waals surface area contributed by atoms with Gasteiger partial charge in [-0.3, -0.25) is 0 Å². The van der Waals surface area contributed by atoms with Crippen LogP contribution in [0.1, 0.15) is 44.9 Å². The summed E-state index contributed by atoms with van der Waals surface area (Å²) >= 11 is 0. The lowest BCUT2D eigenvalue weighted by atomic mass is 10.1. The summed E-state index contributed by atoms with van der Waals surface area (Å²) in [5, 5.41) is 6.99. The van der Waals surface area contributed by atoms with Crippen LogP contribution in [0.3, 0.4) is 0 Å². The lowest BCUT2D eigenvalue weighted by Gasteiger charge is -2.18. The molecule has 1 saturated carbocycles. The highest BCUT2D eigenvalue weighted by Gasteiger charge is 2.14. The largest absolute Gasteiger partial charge is 0.385 e. The van der Waals surface area contributed by atoms with Crippen molar-refractivity contribution in [2.75, 3.05) is 30.9 Å². The van der Waals surface area contributed by atoms with Gasteiger partial charge in [0.05, 0.1) is 5.69 Å². The maximum Gasteiger partial charge on any atom is 0.225 e. The minimum atomic E-state index is 0.477. The second-order valence-corrected chi connectivity index (χ2v) is 6.93. The number of nitrogens with zero attached hydrogens (tertiary/aromatic N) is 2. The van der Waals surface area contributed by atoms with Crippen LogP contribution >= 0.6 is 0 Å². The van der Waals surface area contributed by atoms with Crippen LogP contribution in [-0.2, 0) is 4.74 Å². The number of anilines is 2. The van der Waals surface area contributed by atoms with Gasteiger partial charge in [0.25, 0.3) is 0 Å². The van der Waals surface area contributed by atoms with Crippen molar-refractivity contribution in [1.82, 2.24) is 9.97 Å². The molecule has 0 spiro atoms. The van der Waals surface area contributed by atoms with Crippen molar-refractivity contribution in [3.63, 3.8) is 0 Å². The molecule has 0 radical (unpaired) electrons. The normalized spacial score (nSPS) is 15.4. The molecule has 0 amide bonds. The molecule has 3 rings (SSSR count). The predicted octanol–water partition coefficient (Wildman–Crippen LogP) is 4.73. The van der Waals surface area contributed by atoms with Gasteiger partial charge in [-0.25, -0.2) is 4.98 Å². The van der Waals surface area contributed by atoms with Crippen LogP contribution < -0.4 is 10.6 Å². The van der Waals surface area contributed by atoms with Crippen molar-refractivity contribution in [2.24, 2.45) is 0 Å². The van der Waals surface area contributed by atoms with Gasteiger partial charge in [0.15, 0.2) is 0 Å². The molecule has 5 nitrogen and oxygen atoms in total. The first-order chi connectivity index (χ1) is 12.8. The number of hydrogen-bond donors (Lipinski definition) is 2. The molecule has 1 aliphatic carbocycles. The fraction of sp³-hybridized carbons (Fsp3) is 0.524. The van der Waals surface area contributed by atoms with Gasteiger partial charge < -0.3 is 15.4 Å². The van der Waals surface area contributed by atoms with E-state index in [4.69, 9.17) is 14.7 Å². The molecule has 2 aromatic rings. The number of benzene rings is 1. The Hall–Kier alpha value is -2.14. The number of methoxy groups -OCH3 is 1. The highest BCUT2D eigenvalue weighted by Crippen LogP contribution is 2.24. The zero-order valence-corrected chi connectivity index (χ0v) is 15.7. The fourth-order valence-electron chi connectivity index (χ4n) is 3.40. The SMILES string of the molecule is COCCCNc1cc(-c2ccccc2)nc(NC2CCCCCC2)n1. The number of hydrogen-bond acceptors (Lipinski definition) is 5. The van der Waals surface area contributed by atoms with Crippen LogP contribution in [0.4, 0.5) is 11.8 Å². The molecule has 0 atom stereocenters. The third-order valence-corrected chi connectivity index (χ3v) is 4.82. The molecule has 1 aromatic heterocycles. The predicted molar refractivity (Wildman–Crippen MR) is 108 cm³/mol. The van der Waals surface area contributed by atoms with Gasteiger partial charge in [-0.15, -0.1) is 0 Å². The highest BCUT2D eigenvalue weighted by atomic mass is 16.5. The number of aromatic nitrogens is 2. The van der Waals surface area contributed by atoms with Crippen LogP contribution in [0.25, 0.3) is 11.3 Å². The molecule has 1 fully saturated rings. The summed E-state index contributed by atoms with van der Waals surface area (Å²) in [5.41, 5.74) is 2.06. The number of ether oxygens (including phenoxy) is 1. The smallest absolute Gasteiger partial charge is 0.225 e. The molecular weight excluding hydrogens is 324 g/mol. The first kappa shape index (κ1) is 18.6. The topological polar surface area (TPSA) is 59.1 Å². The van der Waals surface area contributed by atoms with E-state index in [-0.39, 0.29) is 0 Å². The van der Waals surface area contributed by atoms with Crippen molar-refractivity contribution in [3.8, 4) is 11.3 Å². The molecule has 0 unspecified atom stereocenters. The summed E-state index contributed by atoms with van der Waals surface area (Å²) in [4.78, 5) is 9.49. The standard InChI is InChI=1S/C21H30N4O/c1-26-15-9-14-22-20-16-19(17-10-5-4-6-11-17)24-21(25-20)23-18-12-7-2-3-8-13-18/h4-6,10-11,16,18H,2-3,7-9,12-15H2,1H3,(H2,22,23,24,25). The van der Waals surface area contributed by atoms with Gasteiger partial charge >= 0.3 is 0 Å². The third kappa shape index (κ3) is 5.70. The van der Waals surface area contributed by atoms with Crippen molar-refractivity contribution < 1.29 is 4.74 Å². The number of rotatable bonds is 8. The van der Waals surface area contributed by atoms with E-state index in [2.05, 4.69) is 22.8 Å². The Morgan fingerprint density at radius 1 is 1.04 bits per heavy atom. The molecule has 26 heavy (non-hydrogen) atoms. The summed E-state index contributed by atoms with van der Waals surface area (Å²) in [7, 11) is 1.73. The van der Waals surface area contributed by atoms with E-state index in [1.54, 1.807) is 7.11 Å². The summed E-state index contributed by atoms with van der Waals surface area (Å²) in [6, 6.07) is 12.8. The molecule has 140 valence electrons. The Morgan fingerprint density at radius 2 is 1.81 bits per heavy atom. The maximum atomic E-state index is 5.12. The lowest BCUT2D eigenvalue weighted by Crippen LogP contribution is -2.20. The van der Waals surface area contributed by atoms with Crippen molar-refractivity contribution in [2.45, 2.75) is 51.0 Å². The second-order valence-electron chi connectivity index (χ2n) is 6.93. The summed E-state index contributed by atoms with van der Waals surface area (Å²) < 4.78 is 5.12. The quantitative estimate of drug-likeness (QED) is 0.530. The monoisotopic (exact) mass is 354 g/mol. The van der Waals surface area contributed by atoms with Gasteiger partial charge in [0.1, 0.15) is 5.82 Å². The second kappa shape index (κ2) is 10.1. The minimum absolute atomic E-state index is 0.477. The van der Waals surface area contributed by atoms with E-state index in [9.17, 15) is 0 Å². The van der Waals surface area contributed by atoms with Crippen molar-refractivity contribution in [1.29, 1.82) is 0 Å². The molecule has 5 heteroatoms. The van der Waals surface area contributed by atoms with Crippen LogP contribution in [0, 0.1) is 0 Å². The Balaban J connectivity index is 1.77. The van der Waals surface area contributed by atoms with E-state index in [1.165, 1.54) is 38.5 Å². The van der Waals surface area contributed by atoms with Gasteiger partial charge in [0.2, 0.25) is 5.95 Å². The summed E-state index contributed by atoms with van der Waals surface area (Å²) in [6.07, 6.45) is 8.62. The van der Waals surface area contributed by atoms with Gasteiger partial charge in [0, 0.05) is 37.9 Å². The average molecular weight is 354 g/mol. The Labute approximate surface area is 156 Å². The third-order valence-electron chi connectivity index (χ3n) is 4.82. The average Bonchev–Trinajstić information content (AvgIpc) is 2.94. The first-order valence-electron chi connectivity index (χ1n) is 9.79. The molecule has 1 aliphatic rings. The Bertz CT molecular complexity index is 654. The van der Waals surface area contributed by atoms with E-state index in [1.807, 2.05) is 24.3 Å². The molecule has 0 bridgehead atoms. The van der Waals surface area contributed by atoms with E-state index in [0.717, 1.165) is 42.6 Å². The molecule has 1 heterocycles. The summed E-state index contributed by atoms with van der Waals surface area (Å²) in [5.74, 6) is 1.60. The lowest BCUT2D eigenvalue weighted by molar-refractivity contribution is 0.198. The van der Waals surface area contributed by atoms with Gasteiger partial charge in [-0.05, 0) is 19.3 Å². The van der Waals surface area contributed by atoms with Crippen LogP contribution in [0.5, 0.6) is 0 Å². The van der Waals surface area contributed by atoms with Gasteiger partial charge in [-0.1, -0.05) is 56.0 Å². The summed E-state index contributed by atoms with van der Waals surface area (Å²) in [6.45, 7) is 1.58. The van der Waals surface area contributed by atoms with Crippen molar-refractivity contribution >= 4 is 11.8 Å². The van der Waals surface area contributed by atoms with Crippen LogP contribution in [0.15, 0.2) is 36.4 Å². The first-order valence-corrected chi connectivity index (χ1v) is 9.79. The molecular formula is C21H30N4O. The molecule has 2 N–H and O–H groups in total. The maximum absolute atomic E-state index is 5.12. The Kier molecular flexibility index (Phi) is 7.25. The molecule has 1 aromatic carbocycles. The van der Waals surface area contributed by atoms with E-state index < -0.39 is 0 Å². The fourth-order valence-corrected chi connectivity index (χ4v) is 3.40. The zero-order chi connectivity index (χ0) is 18.0. The highest BCUT2D eigenvalue weighted by molar-refractivity contribution is 5.64. The van der Waals surface area contributed by atoms with E-state index >= 15 is 0 Å². The molecule has 0 saturated heterocycles.